The van der Waals surface area contributed by atoms with Crippen LogP contribution in [0, 0.1) is 5.92 Å². The minimum Gasteiger partial charge on any atom is -0.319 e. The van der Waals surface area contributed by atoms with E-state index in [1.807, 2.05) is 37.4 Å². The third-order valence-corrected chi connectivity index (χ3v) is 4.48. The van der Waals surface area contributed by atoms with Gasteiger partial charge in [0.1, 0.15) is 0 Å². The first-order chi connectivity index (χ1) is 8.29. The maximum absolute atomic E-state index is 12.0. The molecule has 2 nitrogen and oxygen atoms in total. The number of rotatable bonds is 4. The molecule has 1 aliphatic carbocycles. The van der Waals surface area contributed by atoms with E-state index in [1.165, 1.54) is 31.0 Å². The highest BCUT2D eigenvalue weighted by molar-refractivity contribution is 8.14. The van der Waals surface area contributed by atoms with Gasteiger partial charge in [-0.1, -0.05) is 42.1 Å². The van der Waals surface area contributed by atoms with E-state index in [1.54, 1.807) is 0 Å². The average molecular weight is 249 g/mol. The highest BCUT2D eigenvalue weighted by Gasteiger charge is 2.26. The minimum absolute atomic E-state index is 0.223. The Balaban J connectivity index is 1.84. The molecule has 1 aliphatic rings. The molecular formula is C14H19NOS. The summed E-state index contributed by atoms with van der Waals surface area (Å²) in [5.41, 5.74) is 0.828. The lowest BCUT2D eigenvalue weighted by molar-refractivity contribution is 0.108. The predicted molar refractivity (Wildman–Crippen MR) is 73.4 cm³/mol. The minimum atomic E-state index is 0.223. The molecule has 1 aromatic rings. The Bertz CT molecular complexity index is 366. The molecule has 0 spiro atoms. The Labute approximate surface area is 107 Å². The summed E-state index contributed by atoms with van der Waals surface area (Å²) in [5.74, 6) is 0.751. The molecule has 0 heterocycles. The third-order valence-electron chi connectivity index (χ3n) is 3.27. The predicted octanol–water partition coefficient (Wildman–Crippen LogP) is 2.95. The number of nitrogens with one attached hydrogen (secondary N) is 1. The first-order valence-corrected chi connectivity index (χ1v) is 7.08. The summed E-state index contributed by atoms with van der Waals surface area (Å²) in [6, 6.07) is 9.59. The Morgan fingerprint density at radius 2 is 2.12 bits per heavy atom. The maximum atomic E-state index is 12.0. The van der Waals surface area contributed by atoms with E-state index in [2.05, 4.69) is 5.32 Å². The molecule has 1 aromatic carbocycles. The molecule has 0 bridgehead atoms. The van der Waals surface area contributed by atoms with Gasteiger partial charge in [-0.25, -0.2) is 0 Å². The van der Waals surface area contributed by atoms with Crippen LogP contribution in [0.4, 0.5) is 0 Å². The van der Waals surface area contributed by atoms with Crippen LogP contribution in [0.1, 0.15) is 29.6 Å². The fourth-order valence-corrected chi connectivity index (χ4v) is 3.60. The molecule has 0 amide bonds. The van der Waals surface area contributed by atoms with Crippen LogP contribution in [0.5, 0.6) is 0 Å². The third kappa shape index (κ3) is 3.58. The van der Waals surface area contributed by atoms with Crippen molar-refractivity contribution in [3.05, 3.63) is 35.9 Å². The van der Waals surface area contributed by atoms with Gasteiger partial charge < -0.3 is 5.32 Å². The van der Waals surface area contributed by atoms with Gasteiger partial charge >= 0.3 is 0 Å². The summed E-state index contributed by atoms with van der Waals surface area (Å²) in [4.78, 5) is 12.0. The molecule has 0 radical (unpaired) electrons. The first-order valence-electron chi connectivity index (χ1n) is 6.20. The number of carbonyl (C=O) groups is 1. The second kappa shape index (κ2) is 6.22. The summed E-state index contributed by atoms with van der Waals surface area (Å²) in [6.07, 6.45) is 3.60. The van der Waals surface area contributed by atoms with Crippen molar-refractivity contribution in [2.75, 3.05) is 13.6 Å². The van der Waals surface area contributed by atoms with Crippen LogP contribution in [-0.4, -0.2) is 24.0 Å². The normalized spacial score (nSPS) is 23.8. The largest absolute Gasteiger partial charge is 0.319 e. The molecule has 0 saturated heterocycles. The van der Waals surface area contributed by atoms with Crippen LogP contribution in [0.25, 0.3) is 0 Å². The lowest BCUT2D eigenvalue weighted by Crippen LogP contribution is -2.16. The molecular weight excluding hydrogens is 230 g/mol. The number of hydrogen-bond donors (Lipinski definition) is 1. The first kappa shape index (κ1) is 12.7. The van der Waals surface area contributed by atoms with Crippen LogP contribution in [-0.2, 0) is 0 Å². The van der Waals surface area contributed by atoms with E-state index in [0.717, 1.165) is 18.0 Å². The van der Waals surface area contributed by atoms with Gasteiger partial charge in [0, 0.05) is 10.8 Å². The van der Waals surface area contributed by atoms with Crippen molar-refractivity contribution in [2.24, 2.45) is 5.92 Å². The van der Waals surface area contributed by atoms with Crippen LogP contribution in [0.15, 0.2) is 30.3 Å². The topological polar surface area (TPSA) is 29.1 Å². The standard InChI is InChI=1S/C14H19NOS/c1-15-10-11-7-8-13(9-11)17-14(16)12-5-3-2-4-6-12/h2-6,11,13,15H,7-10H2,1H3/t11-,13-/m1/s1. The zero-order chi connectivity index (χ0) is 12.1. The lowest BCUT2D eigenvalue weighted by atomic mass is 10.1. The summed E-state index contributed by atoms with van der Waals surface area (Å²) < 4.78 is 0. The fraction of sp³-hybridized carbons (Fsp3) is 0.500. The van der Waals surface area contributed by atoms with E-state index >= 15 is 0 Å². The second-order valence-electron chi connectivity index (χ2n) is 4.63. The molecule has 0 unspecified atom stereocenters. The Kier molecular flexibility index (Phi) is 4.63. The van der Waals surface area contributed by atoms with Crippen LogP contribution >= 0.6 is 11.8 Å². The SMILES string of the molecule is CNC[C@@H]1CC[C@@H](SC(=O)c2ccccc2)C1. The molecule has 2 rings (SSSR count). The summed E-state index contributed by atoms with van der Waals surface area (Å²) in [5, 5.41) is 3.96. The van der Waals surface area contributed by atoms with Gasteiger partial charge in [0.05, 0.1) is 0 Å². The van der Waals surface area contributed by atoms with Crippen molar-refractivity contribution in [1.29, 1.82) is 0 Å². The van der Waals surface area contributed by atoms with Crippen LogP contribution in [0.3, 0.4) is 0 Å². The Morgan fingerprint density at radius 1 is 1.35 bits per heavy atom. The zero-order valence-electron chi connectivity index (χ0n) is 10.2. The highest BCUT2D eigenvalue weighted by atomic mass is 32.2. The van der Waals surface area contributed by atoms with Crippen molar-refractivity contribution >= 4 is 16.9 Å². The highest BCUT2D eigenvalue weighted by Crippen LogP contribution is 2.35. The number of thioether (sulfide) groups is 1. The zero-order valence-corrected chi connectivity index (χ0v) is 11.0. The number of hydrogen-bond acceptors (Lipinski definition) is 3. The van der Waals surface area contributed by atoms with Gasteiger partial charge in [0.2, 0.25) is 5.12 Å². The van der Waals surface area contributed by atoms with Crippen molar-refractivity contribution in [3.63, 3.8) is 0 Å². The molecule has 1 fully saturated rings. The summed E-state index contributed by atoms with van der Waals surface area (Å²) in [7, 11) is 2.00. The molecule has 2 atom stereocenters. The Hall–Kier alpha value is -0.800. The van der Waals surface area contributed by atoms with Gasteiger partial charge in [-0.2, -0.15) is 0 Å². The number of carbonyl (C=O) groups excluding carboxylic acids is 1. The average Bonchev–Trinajstić information content (AvgIpc) is 2.78. The maximum Gasteiger partial charge on any atom is 0.219 e. The quantitative estimate of drug-likeness (QED) is 0.889. The van der Waals surface area contributed by atoms with E-state index in [4.69, 9.17) is 0 Å². The van der Waals surface area contributed by atoms with Crippen molar-refractivity contribution in [3.8, 4) is 0 Å². The van der Waals surface area contributed by atoms with Gasteiger partial charge in [-0.15, -0.1) is 0 Å². The van der Waals surface area contributed by atoms with E-state index in [-0.39, 0.29) is 5.12 Å². The van der Waals surface area contributed by atoms with Crippen molar-refractivity contribution < 1.29 is 4.79 Å². The van der Waals surface area contributed by atoms with Gasteiger partial charge in [-0.3, -0.25) is 4.79 Å². The monoisotopic (exact) mass is 249 g/mol. The molecule has 17 heavy (non-hydrogen) atoms. The lowest BCUT2D eigenvalue weighted by Gasteiger charge is -2.09. The fourth-order valence-electron chi connectivity index (χ4n) is 2.40. The van der Waals surface area contributed by atoms with Crippen molar-refractivity contribution in [2.45, 2.75) is 24.5 Å². The van der Waals surface area contributed by atoms with Crippen LogP contribution in [0.2, 0.25) is 0 Å². The molecule has 3 heteroatoms. The van der Waals surface area contributed by atoms with E-state index < -0.39 is 0 Å². The molecule has 1 saturated carbocycles. The smallest absolute Gasteiger partial charge is 0.219 e. The summed E-state index contributed by atoms with van der Waals surface area (Å²) >= 11 is 1.52. The Morgan fingerprint density at radius 3 is 2.82 bits per heavy atom. The number of benzene rings is 1. The summed E-state index contributed by atoms with van der Waals surface area (Å²) in [6.45, 7) is 1.08. The molecule has 92 valence electrons. The van der Waals surface area contributed by atoms with Gasteiger partial charge in [-0.05, 0) is 38.8 Å². The van der Waals surface area contributed by atoms with Gasteiger partial charge in [0.25, 0.3) is 0 Å². The van der Waals surface area contributed by atoms with E-state index in [9.17, 15) is 4.79 Å². The second-order valence-corrected chi connectivity index (χ2v) is 5.90. The molecule has 0 aliphatic heterocycles. The van der Waals surface area contributed by atoms with Gasteiger partial charge in [0.15, 0.2) is 0 Å². The molecule has 1 N–H and O–H groups in total. The van der Waals surface area contributed by atoms with Crippen molar-refractivity contribution in [1.82, 2.24) is 5.32 Å². The molecule has 0 aromatic heterocycles. The van der Waals surface area contributed by atoms with E-state index in [0.29, 0.717) is 5.25 Å². The van der Waals surface area contributed by atoms with Crippen LogP contribution < -0.4 is 5.32 Å².